The molecule has 2 N–H and O–H groups in total. The van der Waals surface area contributed by atoms with Crippen LogP contribution in [0.5, 0.6) is 5.75 Å². The van der Waals surface area contributed by atoms with Gasteiger partial charge in [0.25, 0.3) is 0 Å². The van der Waals surface area contributed by atoms with Gasteiger partial charge in [0, 0.05) is 19.4 Å². The maximum Gasteiger partial charge on any atom is 0.226 e. The molecule has 1 aromatic heterocycles. The molecule has 0 spiro atoms. The van der Waals surface area contributed by atoms with Crippen molar-refractivity contribution in [2.75, 3.05) is 12.4 Å². The lowest BCUT2D eigenvalue weighted by atomic mass is 10.1. The largest absolute Gasteiger partial charge is 0.497 e. The number of nitrogens with one attached hydrogen (secondary N) is 2. The van der Waals surface area contributed by atoms with E-state index in [0.29, 0.717) is 30.9 Å². The molecule has 152 valence electrons. The molecule has 6 nitrogen and oxygen atoms in total. The van der Waals surface area contributed by atoms with E-state index in [1.807, 2.05) is 49.4 Å². The Morgan fingerprint density at radius 3 is 2.72 bits per heavy atom. The van der Waals surface area contributed by atoms with Crippen LogP contribution in [0.25, 0.3) is 10.2 Å². The average molecular weight is 412 g/mol. The Balaban J connectivity index is 1.52. The van der Waals surface area contributed by atoms with Crippen LogP contribution in [0.4, 0.5) is 5.13 Å². The highest BCUT2D eigenvalue weighted by Crippen LogP contribution is 2.27. The molecule has 0 saturated heterocycles. The van der Waals surface area contributed by atoms with Crippen molar-refractivity contribution in [3.05, 3.63) is 53.6 Å². The second-order valence-electron chi connectivity index (χ2n) is 6.75. The van der Waals surface area contributed by atoms with Crippen molar-refractivity contribution >= 4 is 38.5 Å². The van der Waals surface area contributed by atoms with E-state index in [9.17, 15) is 9.59 Å². The highest BCUT2D eigenvalue weighted by atomic mass is 32.1. The number of amides is 2. The Bertz CT molecular complexity index is 1000. The van der Waals surface area contributed by atoms with Gasteiger partial charge in [-0.2, -0.15) is 0 Å². The number of benzene rings is 2. The van der Waals surface area contributed by atoms with E-state index in [-0.39, 0.29) is 11.8 Å². The second-order valence-corrected chi connectivity index (χ2v) is 7.78. The van der Waals surface area contributed by atoms with Gasteiger partial charge in [-0.05, 0) is 48.2 Å². The van der Waals surface area contributed by atoms with Gasteiger partial charge in [-0.1, -0.05) is 36.5 Å². The number of carbonyl (C=O) groups is 2. The minimum absolute atomic E-state index is 0.00439. The number of anilines is 1. The smallest absolute Gasteiger partial charge is 0.226 e. The third-order valence-electron chi connectivity index (χ3n) is 4.44. The zero-order valence-corrected chi connectivity index (χ0v) is 17.5. The summed E-state index contributed by atoms with van der Waals surface area (Å²) in [6.45, 7) is 2.45. The molecule has 0 unspecified atom stereocenters. The summed E-state index contributed by atoms with van der Waals surface area (Å²) < 4.78 is 6.20. The molecular weight excluding hydrogens is 386 g/mol. The van der Waals surface area contributed by atoms with Crippen LogP contribution in [0, 0.1) is 0 Å². The molecule has 3 rings (SSSR count). The monoisotopic (exact) mass is 411 g/mol. The summed E-state index contributed by atoms with van der Waals surface area (Å²) in [6.07, 6.45) is 2.36. The molecular formula is C22H25N3O3S. The van der Waals surface area contributed by atoms with E-state index in [1.165, 1.54) is 11.3 Å². The molecule has 29 heavy (non-hydrogen) atoms. The van der Waals surface area contributed by atoms with E-state index in [0.717, 1.165) is 33.5 Å². The van der Waals surface area contributed by atoms with Crippen LogP contribution in [0.3, 0.4) is 0 Å². The molecule has 1 heterocycles. The van der Waals surface area contributed by atoms with Crippen LogP contribution >= 0.6 is 11.3 Å². The minimum atomic E-state index is -0.0144. The highest BCUT2D eigenvalue weighted by molar-refractivity contribution is 7.22. The quantitative estimate of drug-likeness (QED) is 0.550. The normalized spacial score (nSPS) is 10.7. The SMILES string of the molecule is CCCC(=O)Nc1nc2ccc(CCC(=O)NCc3cccc(OC)c3)cc2s1. The maximum atomic E-state index is 12.2. The van der Waals surface area contributed by atoms with Gasteiger partial charge in [-0.3, -0.25) is 9.59 Å². The highest BCUT2D eigenvalue weighted by Gasteiger charge is 2.09. The Morgan fingerprint density at radius 2 is 1.93 bits per heavy atom. The van der Waals surface area contributed by atoms with E-state index in [4.69, 9.17) is 4.74 Å². The molecule has 0 aliphatic carbocycles. The number of aromatic nitrogens is 1. The van der Waals surface area contributed by atoms with Gasteiger partial charge in [0.1, 0.15) is 5.75 Å². The summed E-state index contributed by atoms with van der Waals surface area (Å²) in [7, 11) is 1.62. The fourth-order valence-electron chi connectivity index (χ4n) is 2.92. The van der Waals surface area contributed by atoms with Gasteiger partial charge in [0.05, 0.1) is 17.3 Å². The van der Waals surface area contributed by atoms with Crippen molar-refractivity contribution in [1.29, 1.82) is 0 Å². The third-order valence-corrected chi connectivity index (χ3v) is 5.37. The second kappa shape index (κ2) is 10.0. The number of fused-ring (bicyclic) bond motifs is 1. The summed E-state index contributed by atoms with van der Waals surface area (Å²) in [5, 5.41) is 6.40. The standard InChI is InChI=1S/C22H25N3O3S/c1-3-5-21(27)25-22-24-18-10-8-15(13-19(18)29-22)9-11-20(26)23-14-16-6-4-7-17(12-16)28-2/h4,6-8,10,12-13H,3,5,9,11,14H2,1-2H3,(H,23,26)(H,24,25,27). The molecule has 2 aromatic carbocycles. The number of hydrogen-bond donors (Lipinski definition) is 2. The Hall–Kier alpha value is -2.93. The topological polar surface area (TPSA) is 80.3 Å². The molecule has 0 aliphatic rings. The van der Waals surface area contributed by atoms with Crippen LogP contribution in [0.15, 0.2) is 42.5 Å². The molecule has 0 radical (unpaired) electrons. The minimum Gasteiger partial charge on any atom is -0.497 e. The van der Waals surface area contributed by atoms with Gasteiger partial charge < -0.3 is 15.4 Å². The van der Waals surface area contributed by atoms with Crippen molar-refractivity contribution in [1.82, 2.24) is 10.3 Å². The van der Waals surface area contributed by atoms with Crippen molar-refractivity contribution in [2.45, 2.75) is 39.2 Å². The molecule has 3 aromatic rings. The lowest BCUT2D eigenvalue weighted by Gasteiger charge is -2.07. The first-order valence-electron chi connectivity index (χ1n) is 9.66. The summed E-state index contributed by atoms with van der Waals surface area (Å²) in [5.41, 5.74) is 2.93. The van der Waals surface area contributed by atoms with Crippen molar-refractivity contribution in [3.63, 3.8) is 0 Å². The number of hydrogen-bond acceptors (Lipinski definition) is 5. The Kier molecular flexibility index (Phi) is 7.19. The molecule has 0 atom stereocenters. The molecule has 0 aliphatic heterocycles. The van der Waals surface area contributed by atoms with Crippen molar-refractivity contribution in [2.24, 2.45) is 0 Å². The summed E-state index contributed by atoms with van der Waals surface area (Å²) >= 11 is 1.46. The van der Waals surface area contributed by atoms with Crippen LogP contribution in [0.2, 0.25) is 0 Å². The average Bonchev–Trinajstić information content (AvgIpc) is 3.12. The van der Waals surface area contributed by atoms with Crippen LogP contribution in [-0.2, 0) is 22.6 Å². The first kappa shape index (κ1) is 20.8. The van der Waals surface area contributed by atoms with Crippen molar-refractivity contribution in [3.8, 4) is 5.75 Å². The maximum absolute atomic E-state index is 12.2. The first-order chi connectivity index (χ1) is 14.1. The molecule has 0 fully saturated rings. The number of thiazole rings is 1. The van der Waals surface area contributed by atoms with Gasteiger partial charge in [0.2, 0.25) is 11.8 Å². The lowest BCUT2D eigenvalue weighted by molar-refractivity contribution is -0.121. The zero-order chi connectivity index (χ0) is 20.6. The van der Waals surface area contributed by atoms with Gasteiger partial charge in [-0.25, -0.2) is 4.98 Å². The number of nitrogens with zero attached hydrogens (tertiary/aromatic N) is 1. The van der Waals surface area contributed by atoms with Gasteiger partial charge in [0.15, 0.2) is 5.13 Å². The van der Waals surface area contributed by atoms with Crippen LogP contribution < -0.4 is 15.4 Å². The number of carbonyl (C=O) groups excluding carboxylic acids is 2. The predicted molar refractivity (Wildman–Crippen MR) is 116 cm³/mol. The van der Waals surface area contributed by atoms with Crippen LogP contribution in [-0.4, -0.2) is 23.9 Å². The summed E-state index contributed by atoms with van der Waals surface area (Å²) in [6, 6.07) is 13.6. The van der Waals surface area contributed by atoms with E-state index < -0.39 is 0 Å². The number of aryl methyl sites for hydroxylation is 1. The Morgan fingerprint density at radius 1 is 1.07 bits per heavy atom. The summed E-state index contributed by atoms with van der Waals surface area (Å²) in [5.74, 6) is 0.768. The lowest BCUT2D eigenvalue weighted by Crippen LogP contribution is -2.22. The molecule has 2 amide bonds. The molecule has 0 bridgehead atoms. The number of rotatable bonds is 9. The predicted octanol–water partition coefficient (Wildman–Crippen LogP) is 4.29. The van der Waals surface area contributed by atoms with Crippen LogP contribution in [0.1, 0.15) is 37.3 Å². The van der Waals surface area contributed by atoms with Gasteiger partial charge >= 0.3 is 0 Å². The fraction of sp³-hybridized carbons (Fsp3) is 0.318. The summed E-state index contributed by atoms with van der Waals surface area (Å²) in [4.78, 5) is 28.4. The van der Waals surface area contributed by atoms with Gasteiger partial charge in [-0.15, -0.1) is 0 Å². The molecule has 0 saturated carbocycles. The molecule has 7 heteroatoms. The third kappa shape index (κ3) is 6.02. The van der Waals surface area contributed by atoms with E-state index in [1.54, 1.807) is 7.11 Å². The number of methoxy groups -OCH3 is 1. The Labute approximate surface area is 174 Å². The zero-order valence-electron chi connectivity index (χ0n) is 16.7. The van der Waals surface area contributed by atoms with E-state index >= 15 is 0 Å². The first-order valence-corrected chi connectivity index (χ1v) is 10.5. The van der Waals surface area contributed by atoms with E-state index in [2.05, 4.69) is 15.6 Å². The fourth-order valence-corrected chi connectivity index (χ4v) is 3.86. The number of ether oxygens (including phenoxy) is 1. The van der Waals surface area contributed by atoms with Crippen molar-refractivity contribution < 1.29 is 14.3 Å².